The third kappa shape index (κ3) is 5.11. The predicted molar refractivity (Wildman–Crippen MR) is 129 cm³/mol. The van der Waals surface area contributed by atoms with E-state index in [1.807, 2.05) is 6.07 Å². The van der Waals surface area contributed by atoms with Crippen LogP contribution in [0, 0.1) is 10.8 Å². The van der Waals surface area contributed by atoms with Crippen LogP contribution in [-0.4, -0.2) is 41.2 Å². The SMILES string of the molecule is O=NC(=O)c1cnc(NC(=O)[C@H](C[C@H]2CCC(=O)C2)c2ccc(S(=O)(=O)C3CC3)c(C3CC3)c2)cn1. The second kappa shape index (κ2) is 9.61. The van der Waals surface area contributed by atoms with E-state index in [0.717, 1.165) is 24.6 Å². The van der Waals surface area contributed by atoms with Crippen molar-refractivity contribution in [3.63, 3.8) is 0 Å². The number of nitrogens with one attached hydrogen (secondary N) is 1. The third-order valence-electron chi connectivity index (χ3n) is 7.16. The van der Waals surface area contributed by atoms with E-state index in [9.17, 15) is 27.7 Å². The molecule has 1 aromatic heterocycles. The lowest BCUT2D eigenvalue weighted by Crippen LogP contribution is -2.24. The molecule has 10 nitrogen and oxygen atoms in total. The summed E-state index contributed by atoms with van der Waals surface area (Å²) in [4.78, 5) is 55.3. The Kier molecular flexibility index (Phi) is 6.50. The first-order chi connectivity index (χ1) is 17.3. The van der Waals surface area contributed by atoms with Crippen LogP contribution in [0.25, 0.3) is 0 Å². The molecule has 0 radical (unpaired) electrons. The van der Waals surface area contributed by atoms with Crippen LogP contribution >= 0.6 is 0 Å². The topological polar surface area (TPSA) is 153 Å². The first kappa shape index (κ1) is 24.4. The van der Waals surface area contributed by atoms with Gasteiger partial charge in [-0.2, -0.15) is 0 Å². The van der Waals surface area contributed by atoms with Crippen LogP contribution in [0.1, 0.15) is 84.8 Å². The largest absolute Gasteiger partial charge is 0.336 e. The molecule has 0 saturated heterocycles. The van der Waals surface area contributed by atoms with Crippen LogP contribution in [0.15, 0.2) is 40.7 Å². The summed E-state index contributed by atoms with van der Waals surface area (Å²) in [6, 6.07) is 5.21. The van der Waals surface area contributed by atoms with Crippen molar-refractivity contribution in [2.75, 3.05) is 5.32 Å². The zero-order valence-corrected chi connectivity index (χ0v) is 20.4. The summed E-state index contributed by atoms with van der Waals surface area (Å²) < 4.78 is 26.1. The van der Waals surface area contributed by atoms with Gasteiger partial charge in [0.05, 0.1) is 28.5 Å². The average Bonchev–Trinajstić information content (AvgIpc) is 3.79. The average molecular weight is 511 g/mol. The van der Waals surface area contributed by atoms with Crippen molar-refractivity contribution >= 4 is 33.3 Å². The summed E-state index contributed by atoms with van der Waals surface area (Å²) in [5.41, 5.74) is 1.25. The number of amides is 2. The van der Waals surface area contributed by atoms with Crippen molar-refractivity contribution in [1.82, 2.24) is 9.97 Å². The summed E-state index contributed by atoms with van der Waals surface area (Å²) in [6.07, 6.45) is 7.50. The fraction of sp³-hybridized carbons (Fsp3) is 0.480. The van der Waals surface area contributed by atoms with Crippen LogP contribution in [0.2, 0.25) is 0 Å². The number of hydrogen-bond donors (Lipinski definition) is 1. The molecule has 0 aliphatic heterocycles. The van der Waals surface area contributed by atoms with Gasteiger partial charge in [-0.3, -0.25) is 14.4 Å². The summed E-state index contributed by atoms with van der Waals surface area (Å²) >= 11 is 0. The van der Waals surface area contributed by atoms with E-state index >= 15 is 0 Å². The number of nitroso groups, excluding NO2 is 1. The molecule has 11 heteroatoms. The third-order valence-corrected chi connectivity index (χ3v) is 9.50. The van der Waals surface area contributed by atoms with Gasteiger partial charge in [-0.25, -0.2) is 18.4 Å². The Balaban J connectivity index is 1.44. The lowest BCUT2D eigenvalue weighted by Gasteiger charge is -2.22. The van der Waals surface area contributed by atoms with Crippen molar-refractivity contribution in [1.29, 1.82) is 0 Å². The van der Waals surface area contributed by atoms with Crippen LogP contribution in [0.5, 0.6) is 0 Å². The predicted octanol–water partition coefficient (Wildman–Crippen LogP) is 3.68. The number of aromatic nitrogens is 2. The van der Waals surface area contributed by atoms with E-state index in [1.165, 1.54) is 6.20 Å². The molecule has 36 heavy (non-hydrogen) atoms. The zero-order valence-electron chi connectivity index (χ0n) is 19.6. The van der Waals surface area contributed by atoms with Gasteiger partial charge >= 0.3 is 5.91 Å². The molecule has 1 aromatic carbocycles. The number of nitrogens with zero attached hydrogens (tertiary/aromatic N) is 3. The quantitative estimate of drug-likeness (QED) is 0.501. The van der Waals surface area contributed by atoms with Gasteiger partial charge in [0, 0.05) is 18.0 Å². The molecule has 5 rings (SSSR count). The maximum atomic E-state index is 13.4. The monoisotopic (exact) mass is 510 g/mol. The number of carbonyl (C=O) groups excluding carboxylic acids is 3. The lowest BCUT2D eigenvalue weighted by molar-refractivity contribution is -0.119. The molecule has 1 heterocycles. The van der Waals surface area contributed by atoms with Crippen molar-refractivity contribution in [2.24, 2.45) is 11.1 Å². The fourth-order valence-corrected chi connectivity index (χ4v) is 6.83. The standard InChI is InChI=1S/C25H26N4O6S/c30-17-5-1-14(9-17)10-20(24(31)28-23-13-26-21(12-27-23)25(32)29-33)16-4-8-22(19(11-16)15-2-3-15)36(34,35)18-6-7-18/h4,8,11-15,18,20H,1-3,5-7,9-10H2,(H,27,28,31)/t14-,20+/m0/s1. The first-order valence-electron chi connectivity index (χ1n) is 12.2. The first-order valence-corrected chi connectivity index (χ1v) is 13.7. The molecule has 1 N–H and O–H groups in total. The summed E-state index contributed by atoms with van der Waals surface area (Å²) in [7, 11) is -3.38. The fourth-order valence-electron chi connectivity index (χ4n) is 4.90. The van der Waals surface area contributed by atoms with Crippen molar-refractivity contribution in [3.8, 4) is 0 Å². The van der Waals surface area contributed by atoms with Gasteiger partial charge in [-0.05, 0) is 67.6 Å². The van der Waals surface area contributed by atoms with Crippen molar-refractivity contribution in [3.05, 3.63) is 52.3 Å². The Morgan fingerprint density at radius 2 is 1.86 bits per heavy atom. The van der Waals surface area contributed by atoms with E-state index in [0.29, 0.717) is 49.0 Å². The number of sulfone groups is 1. The molecule has 3 saturated carbocycles. The highest BCUT2D eigenvalue weighted by molar-refractivity contribution is 7.92. The number of benzene rings is 1. The smallest absolute Gasteiger partial charge is 0.309 e. The second-order valence-electron chi connectivity index (χ2n) is 9.92. The Morgan fingerprint density at radius 3 is 2.44 bits per heavy atom. The van der Waals surface area contributed by atoms with Gasteiger partial charge in [-0.1, -0.05) is 12.1 Å². The number of rotatable bonds is 9. The molecule has 2 aromatic rings. The van der Waals surface area contributed by atoms with Crippen LogP contribution in [0.4, 0.5) is 5.82 Å². The summed E-state index contributed by atoms with van der Waals surface area (Å²) in [5.74, 6) is -1.54. The molecule has 188 valence electrons. The zero-order chi connectivity index (χ0) is 25.4. The Bertz CT molecular complexity index is 1330. The second-order valence-corrected chi connectivity index (χ2v) is 12.1. The van der Waals surface area contributed by atoms with Crippen molar-refractivity contribution < 1.29 is 22.8 Å². The van der Waals surface area contributed by atoms with Crippen LogP contribution < -0.4 is 5.32 Å². The van der Waals surface area contributed by atoms with Crippen LogP contribution in [0.3, 0.4) is 0 Å². The van der Waals surface area contributed by atoms with Gasteiger partial charge in [-0.15, -0.1) is 4.91 Å². The van der Waals surface area contributed by atoms with Gasteiger partial charge < -0.3 is 5.32 Å². The van der Waals surface area contributed by atoms with E-state index < -0.39 is 21.7 Å². The molecule has 0 bridgehead atoms. The molecule has 2 atom stereocenters. The maximum absolute atomic E-state index is 13.4. The van der Waals surface area contributed by atoms with Gasteiger partial charge in [0.1, 0.15) is 5.78 Å². The number of carbonyl (C=O) groups is 3. The maximum Gasteiger partial charge on any atom is 0.336 e. The molecule has 3 aliphatic carbocycles. The minimum Gasteiger partial charge on any atom is -0.309 e. The lowest BCUT2D eigenvalue weighted by atomic mass is 9.86. The number of hydrogen-bond acceptors (Lipinski definition) is 8. The van der Waals surface area contributed by atoms with E-state index in [2.05, 4.69) is 20.5 Å². The molecule has 2 amide bonds. The number of ketones is 1. The van der Waals surface area contributed by atoms with Crippen LogP contribution in [-0.2, 0) is 19.4 Å². The molecular formula is C25H26N4O6S. The van der Waals surface area contributed by atoms with Gasteiger partial charge in [0.25, 0.3) is 0 Å². The highest BCUT2D eigenvalue weighted by Gasteiger charge is 2.41. The van der Waals surface area contributed by atoms with Gasteiger partial charge in [0.15, 0.2) is 21.3 Å². The molecule has 3 aliphatic rings. The highest BCUT2D eigenvalue weighted by atomic mass is 32.2. The van der Waals surface area contributed by atoms with E-state index in [1.54, 1.807) is 12.1 Å². The number of anilines is 1. The molecular weight excluding hydrogens is 484 g/mol. The van der Waals surface area contributed by atoms with E-state index in [-0.39, 0.29) is 40.3 Å². The normalized spacial score (nSPS) is 20.7. The summed E-state index contributed by atoms with van der Waals surface area (Å²) in [6.45, 7) is 0. The Labute approximate surface area is 208 Å². The minimum absolute atomic E-state index is 0.0530. The molecule has 0 unspecified atom stereocenters. The Hall–Kier alpha value is -3.34. The summed E-state index contributed by atoms with van der Waals surface area (Å²) in [5, 5.41) is 4.70. The molecule has 0 spiro atoms. The highest BCUT2D eigenvalue weighted by Crippen LogP contribution is 2.47. The molecule has 3 fully saturated rings. The Morgan fingerprint density at radius 1 is 1.08 bits per heavy atom. The van der Waals surface area contributed by atoms with E-state index in [4.69, 9.17) is 0 Å². The van der Waals surface area contributed by atoms with Crippen molar-refractivity contribution in [2.45, 2.75) is 73.3 Å². The number of Topliss-reactive ketones (excluding diaryl/α,β-unsaturated/α-hetero) is 1. The minimum atomic E-state index is -3.38. The van der Waals surface area contributed by atoms with Gasteiger partial charge in [0.2, 0.25) is 5.91 Å².